The van der Waals surface area contributed by atoms with Crippen molar-refractivity contribution in [1.29, 1.82) is 0 Å². The van der Waals surface area contributed by atoms with Gasteiger partial charge in [-0.05, 0) is 54.0 Å². The first-order chi connectivity index (χ1) is 8.61. The zero-order valence-electron chi connectivity index (χ0n) is 9.83. The molecule has 1 aromatic rings. The first-order valence-electron chi connectivity index (χ1n) is 5.92. The number of nitrogens with zero attached hydrogens (tertiary/aromatic N) is 1. The molecule has 0 radical (unpaired) electrons. The molecule has 1 heterocycles. The minimum absolute atomic E-state index is 0.0916. The summed E-state index contributed by atoms with van der Waals surface area (Å²) < 4.78 is 27.7. The predicted octanol–water partition coefficient (Wildman–Crippen LogP) is 3.14. The van der Waals surface area contributed by atoms with E-state index in [0.29, 0.717) is 13.1 Å². The highest BCUT2D eigenvalue weighted by Gasteiger charge is 2.21. The highest BCUT2D eigenvalue weighted by atomic mass is 79.9. The molecule has 5 heteroatoms. The van der Waals surface area contributed by atoms with Crippen molar-refractivity contribution in [3.8, 4) is 0 Å². The van der Waals surface area contributed by atoms with Crippen LogP contribution in [0, 0.1) is 17.6 Å². The number of carbonyl (C=O) groups excluding carboxylic acids is 1. The molecule has 0 unspecified atom stereocenters. The Kier molecular flexibility index (Phi) is 4.45. The smallest absolute Gasteiger partial charge is 0.144 e. The van der Waals surface area contributed by atoms with Crippen molar-refractivity contribution >= 4 is 22.2 Å². The monoisotopic (exact) mass is 317 g/mol. The van der Waals surface area contributed by atoms with E-state index in [1.165, 1.54) is 12.1 Å². The van der Waals surface area contributed by atoms with Crippen LogP contribution in [0.25, 0.3) is 0 Å². The Hall–Kier alpha value is -0.810. The Balaban J connectivity index is 2.06. The van der Waals surface area contributed by atoms with Crippen LogP contribution in [0.4, 0.5) is 8.78 Å². The predicted molar refractivity (Wildman–Crippen MR) is 68.1 cm³/mol. The van der Waals surface area contributed by atoms with E-state index in [-0.39, 0.29) is 22.5 Å². The largest absolute Gasteiger partial charge is 0.303 e. The van der Waals surface area contributed by atoms with Crippen LogP contribution in [0.5, 0.6) is 0 Å². The maximum Gasteiger partial charge on any atom is 0.144 e. The molecule has 1 aliphatic heterocycles. The number of likely N-dealkylation sites (tertiary alicyclic amines) is 1. The maximum absolute atomic E-state index is 13.8. The van der Waals surface area contributed by atoms with Crippen molar-refractivity contribution in [1.82, 2.24) is 4.90 Å². The molecular formula is C13H14BrF2NO. The third-order valence-corrected chi connectivity index (χ3v) is 3.96. The van der Waals surface area contributed by atoms with E-state index in [2.05, 4.69) is 15.9 Å². The number of hydrogen-bond acceptors (Lipinski definition) is 2. The lowest BCUT2D eigenvalue weighted by Gasteiger charge is -2.29. The van der Waals surface area contributed by atoms with Gasteiger partial charge < -0.3 is 4.79 Å². The molecule has 0 spiro atoms. The number of hydrogen-bond donors (Lipinski definition) is 0. The van der Waals surface area contributed by atoms with E-state index in [9.17, 15) is 13.6 Å². The highest BCUT2D eigenvalue weighted by Crippen LogP contribution is 2.24. The molecular weight excluding hydrogens is 304 g/mol. The van der Waals surface area contributed by atoms with Gasteiger partial charge in [0.1, 0.15) is 17.9 Å². The van der Waals surface area contributed by atoms with E-state index < -0.39 is 11.6 Å². The molecule has 1 saturated heterocycles. The molecule has 1 fully saturated rings. The standard InChI is InChI=1S/C13H14BrF2NO/c14-11-1-2-12(15)10(13(11)16)7-17-5-3-9(8-18)4-6-17/h1-2,8-9H,3-7H2. The van der Waals surface area contributed by atoms with E-state index >= 15 is 0 Å². The molecule has 0 N–H and O–H groups in total. The number of piperidine rings is 1. The number of rotatable bonds is 3. The minimum Gasteiger partial charge on any atom is -0.303 e. The Morgan fingerprint density at radius 3 is 2.61 bits per heavy atom. The van der Waals surface area contributed by atoms with Crippen LogP contribution in [-0.4, -0.2) is 24.3 Å². The summed E-state index contributed by atoms with van der Waals surface area (Å²) in [4.78, 5) is 12.6. The average Bonchev–Trinajstić information content (AvgIpc) is 2.40. The Labute approximate surface area is 113 Å². The van der Waals surface area contributed by atoms with Crippen molar-refractivity contribution in [3.63, 3.8) is 0 Å². The van der Waals surface area contributed by atoms with Gasteiger partial charge in [0.2, 0.25) is 0 Å². The van der Waals surface area contributed by atoms with Gasteiger partial charge in [-0.15, -0.1) is 0 Å². The van der Waals surface area contributed by atoms with Gasteiger partial charge in [-0.3, -0.25) is 4.90 Å². The molecule has 0 bridgehead atoms. The molecule has 0 atom stereocenters. The van der Waals surface area contributed by atoms with Gasteiger partial charge in [0.25, 0.3) is 0 Å². The van der Waals surface area contributed by atoms with Crippen molar-refractivity contribution in [3.05, 3.63) is 33.8 Å². The second-order valence-corrected chi connectivity index (χ2v) is 5.43. The number of aldehydes is 1. The molecule has 1 aliphatic rings. The summed E-state index contributed by atoms with van der Waals surface area (Å²) in [5.74, 6) is -0.959. The number of benzene rings is 1. The zero-order chi connectivity index (χ0) is 13.1. The summed E-state index contributed by atoms with van der Waals surface area (Å²) in [6.45, 7) is 1.66. The van der Waals surface area contributed by atoms with E-state index in [4.69, 9.17) is 0 Å². The molecule has 98 valence electrons. The van der Waals surface area contributed by atoms with Crippen LogP contribution in [0.3, 0.4) is 0 Å². The van der Waals surface area contributed by atoms with Gasteiger partial charge in [-0.1, -0.05) is 0 Å². The minimum atomic E-state index is -0.535. The summed E-state index contributed by atoms with van der Waals surface area (Å²) in [6, 6.07) is 2.63. The fourth-order valence-corrected chi connectivity index (χ4v) is 2.56. The molecule has 0 aliphatic carbocycles. The average molecular weight is 318 g/mol. The van der Waals surface area contributed by atoms with Gasteiger partial charge >= 0.3 is 0 Å². The van der Waals surface area contributed by atoms with E-state index in [1.807, 2.05) is 4.90 Å². The Morgan fingerprint density at radius 1 is 1.33 bits per heavy atom. The summed E-state index contributed by atoms with van der Waals surface area (Å²) in [6.07, 6.45) is 2.50. The van der Waals surface area contributed by atoms with Crippen LogP contribution < -0.4 is 0 Å². The quantitative estimate of drug-likeness (QED) is 0.630. The van der Waals surface area contributed by atoms with Crippen LogP contribution in [0.1, 0.15) is 18.4 Å². The van der Waals surface area contributed by atoms with Crippen molar-refractivity contribution in [2.24, 2.45) is 5.92 Å². The van der Waals surface area contributed by atoms with Gasteiger partial charge in [0, 0.05) is 18.0 Å². The van der Waals surface area contributed by atoms with Gasteiger partial charge in [0.15, 0.2) is 0 Å². The Bertz CT molecular complexity index is 445. The van der Waals surface area contributed by atoms with Crippen LogP contribution in [-0.2, 0) is 11.3 Å². The molecule has 0 saturated carbocycles. The molecule has 1 aromatic carbocycles. The second kappa shape index (κ2) is 5.89. The fourth-order valence-electron chi connectivity index (χ4n) is 2.18. The third kappa shape index (κ3) is 2.95. The van der Waals surface area contributed by atoms with E-state index in [1.54, 1.807) is 0 Å². The van der Waals surface area contributed by atoms with Crippen LogP contribution in [0.2, 0.25) is 0 Å². The fraction of sp³-hybridized carbons (Fsp3) is 0.462. The van der Waals surface area contributed by atoms with Crippen molar-refractivity contribution in [2.75, 3.05) is 13.1 Å². The SMILES string of the molecule is O=CC1CCN(Cc2c(F)ccc(Br)c2F)CC1. The highest BCUT2D eigenvalue weighted by molar-refractivity contribution is 9.10. The normalized spacial score (nSPS) is 17.9. The topological polar surface area (TPSA) is 20.3 Å². The zero-order valence-corrected chi connectivity index (χ0v) is 11.4. The lowest BCUT2D eigenvalue weighted by atomic mass is 9.98. The Morgan fingerprint density at radius 2 is 2.00 bits per heavy atom. The third-order valence-electron chi connectivity index (χ3n) is 3.35. The van der Waals surface area contributed by atoms with Crippen LogP contribution >= 0.6 is 15.9 Å². The van der Waals surface area contributed by atoms with Crippen LogP contribution in [0.15, 0.2) is 16.6 Å². The molecule has 2 rings (SSSR count). The first kappa shape index (κ1) is 13.6. The summed E-state index contributed by atoms with van der Waals surface area (Å²) in [5.41, 5.74) is 0.0916. The summed E-state index contributed by atoms with van der Waals surface area (Å²) in [7, 11) is 0. The van der Waals surface area contributed by atoms with Crippen molar-refractivity contribution in [2.45, 2.75) is 19.4 Å². The van der Waals surface area contributed by atoms with Gasteiger partial charge in [-0.25, -0.2) is 8.78 Å². The maximum atomic E-state index is 13.8. The van der Waals surface area contributed by atoms with Crippen molar-refractivity contribution < 1.29 is 13.6 Å². The number of halogens is 3. The molecule has 0 amide bonds. The summed E-state index contributed by atoms with van der Waals surface area (Å²) >= 11 is 3.06. The molecule has 2 nitrogen and oxygen atoms in total. The lowest BCUT2D eigenvalue weighted by Crippen LogP contribution is -2.34. The molecule has 0 aromatic heterocycles. The lowest BCUT2D eigenvalue weighted by molar-refractivity contribution is -0.112. The number of carbonyl (C=O) groups is 1. The molecule has 18 heavy (non-hydrogen) atoms. The second-order valence-electron chi connectivity index (χ2n) is 4.57. The summed E-state index contributed by atoms with van der Waals surface area (Å²) in [5, 5.41) is 0. The van der Waals surface area contributed by atoms with E-state index in [0.717, 1.165) is 19.1 Å². The first-order valence-corrected chi connectivity index (χ1v) is 6.71. The van der Waals surface area contributed by atoms with Gasteiger partial charge in [-0.2, -0.15) is 0 Å². The van der Waals surface area contributed by atoms with Gasteiger partial charge in [0.05, 0.1) is 4.47 Å².